The molecule has 96 valence electrons. The minimum absolute atomic E-state index is 0.109. The van der Waals surface area contributed by atoms with Gasteiger partial charge >= 0.3 is 5.97 Å². The van der Waals surface area contributed by atoms with Crippen LogP contribution in [0.25, 0.3) is 0 Å². The molecule has 17 heavy (non-hydrogen) atoms. The lowest BCUT2D eigenvalue weighted by molar-refractivity contribution is -0.134. The minimum atomic E-state index is -1.04. The van der Waals surface area contributed by atoms with E-state index in [1.807, 2.05) is 0 Å². The lowest BCUT2D eigenvalue weighted by Gasteiger charge is -2.22. The van der Waals surface area contributed by atoms with Gasteiger partial charge in [-0.2, -0.15) is 0 Å². The summed E-state index contributed by atoms with van der Waals surface area (Å²) in [5.74, 6) is -1.23. The van der Waals surface area contributed by atoms with Crippen molar-refractivity contribution in [2.24, 2.45) is 0 Å². The van der Waals surface area contributed by atoms with Gasteiger partial charge in [0.2, 0.25) is 5.91 Å². The number of carbonyl (C=O) groups excluding carboxylic acids is 1. The summed E-state index contributed by atoms with van der Waals surface area (Å²) in [5.41, 5.74) is 0.415. The molecule has 0 heterocycles. The zero-order valence-corrected chi connectivity index (χ0v) is 10.5. The molecule has 1 aliphatic carbocycles. The molecule has 0 aliphatic heterocycles. The van der Waals surface area contributed by atoms with Crippen molar-refractivity contribution in [1.29, 1.82) is 0 Å². The van der Waals surface area contributed by atoms with Gasteiger partial charge in [-0.3, -0.25) is 4.79 Å². The van der Waals surface area contributed by atoms with E-state index in [9.17, 15) is 9.59 Å². The van der Waals surface area contributed by atoms with Crippen LogP contribution in [0.4, 0.5) is 0 Å². The summed E-state index contributed by atoms with van der Waals surface area (Å²) in [6, 6.07) is 0.259. The molecule has 1 fully saturated rings. The molecule has 5 heteroatoms. The molecule has 0 bridgehead atoms. The fourth-order valence-electron chi connectivity index (χ4n) is 1.56. The molecule has 0 aromatic carbocycles. The molecule has 0 aromatic rings. The molecule has 1 amide bonds. The molecule has 0 aromatic heterocycles. The highest BCUT2D eigenvalue weighted by molar-refractivity contribution is 6.01. The van der Waals surface area contributed by atoms with Crippen molar-refractivity contribution >= 4 is 11.9 Å². The number of hydrogen-bond donors (Lipinski definition) is 1. The quantitative estimate of drug-likeness (QED) is 0.706. The molecule has 5 nitrogen and oxygen atoms in total. The normalized spacial score (nSPS) is 16.4. The topological polar surface area (TPSA) is 66.8 Å². The largest absolute Gasteiger partial charge is 0.478 e. The Bertz CT molecular complexity index is 344. The van der Waals surface area contributed by atoms with Crippen LogP contribution in [0.1, 0.15) is 26.7 Å². The van der Waals surface area contributed by atoms with Crippen LogP contribution in [0, 0.1) is 0 Å². The summed E-state index contributed by atoms with van der Waals surface area (Å²) in [4.78, 5) is 24.7. The number of carbonyl (C=O) groups is 2. The zero-order chi connectivity index (χ0) is 13.0. The number of methoxy groups -OCH3 is 1. The summed E-state index contributed by atoms with van der Waals surface area (Å²) in [7, 11) is 1.58. The van der Waals surface area contributed by atoms with Crippen LogP contribution in [-0.4, -0.2) is 48.2 Å². The average molecular weight is 241 g/mol. The molecule has 0 unspecified atom stereocenters. The van der Waals surface area contributed by atoms with Crippen LogP contribution in [0.3, 0.4) is 0 Å². The second-order valence-electron chi connectivity index (χ2n) is 4.28. The Morgan fingerprint density at radius 3 is 2.29 bits per heavy atom. The van der Waals surface area contributed by atoms with Gasteiger partial charge in [-0.25, -0.2) is 4.79 Å². The van der Waals surface area contributed by atoms with Gasteiger partial charge in [0.1, 0.15) is 0 Å². The van der Waals surface area contributed by atoms with E-state index in [2.05, 4.69) is 0 Å². The van der Waals surface area contributed by atoms with E-state index in [1.54, 1.807) is 18.9 Å². The van der Waals surface area contributed by atoms with Gasteiger partial charge in [-0.15, -0.1) is 0 Å². The highest BCUT2D eigenvalue weighted by atomic mass is 16.5. The summed E-state index contributed by atoms with van der Waals surface area (Å²) >= 11 is 0. The molecule has 0 radical (unpaired) electrons. The van der Waals surface area contributed by atoms with Crippen LogP contribution in [0.15, 0.2) is 11.1 Å². The standard InChI is InChI=1S/C12H19NO4/c1-8(9(2)12(15)16)11(14)13(6-7-17-3)10-4-5-10/h10H,4-7H2,1-3H3,(H,15,16). The summed E-state index contributed by atoms with van der Waals surface area (Å²) in [6.45, 7) is 4.01. The number of amides is 1. The van der Waals surface area contributed by atoms with Gasteiger partial charge < -0.3 is 14.7 Å². The second-order valence-corrected chi connectivity index (χ2v) is 4.28. The predicted octanol–water partition coefficient (Wildman–Crippen LogP) is 1.04. The van der Waals surface area contributed by atoms with E-state index in [-0.39, 0.29) is 17.5 Å². The van der Waals surface area contributed by atoms with Crippen molar-refractivity contribution in [2.45, 2.75) is 32.7 Å². The number of nitrogens with zero attached hydrogens (tertiary/aromatic N) is 1. The van der Waals surface area contributed by atoms with Gasteiger partial charge in [0.15, 0.2) is 0 Å². The maximum absolute atomic E-state index is 12.1. The first kappa shape index (κ1) is 13.7. The van der Waals surface area contributed by atoms with Crippen molar-refractivity contribution in [1.82, 2.24) is 4.90 Å². The van der Waals surface area contributed by atoms with Gasteiger partial charge in [0, 0.05) is 30.8 Å². The third kappa shape index (κ3) is 3.56. The Hall–Kier alpha value is -1.36. The highest BCUT2D eigenvalue weighted by Crippen LogP contribution is 2.28. The van der Waals surface area contributed by atoms with Gasteiger partial charge in [0.25, 0.3) is 0 Å². The molecule has 0 saturated heterocycles. The maximum Gasteiger partial charge on any atom is 0.331 e. The predicted molar refractivity (Wildman–Crippen MR) is 62.6 cm³/mol. The molecule has 0 spiro atoms. The summed E-state index contributed by atoms with van der Waals surface area (Å²) in [5, 5.41) is 8.86. The number of hydrogen-bond acceptors (Lipinski definition) is 3. The number of aliphatic carboxylic acids is 1. The van der Waals surface area contributed by atoms with E-state index in [4.69, 9.17) is 9.84 Å². The molecule has 1 saturated carbocycles. The van der Waals surface area contributed by atoms with Crippen molar-refractivity contribution < 1.29 is 19.4 Å². The summed E-state index contributed by atoms with van der Waals surface area (Å²) in [6.07, 6.45) is 1.99. The monoisotopic (exact) mass is 241 g/mol. The van der Waals surface area contributed by atoms with Crippen molar-refractivity contribution in [3.8, 4) is 0 Å². The first-order chi connectivity index (χ1) is 7.99. The Kier molecular flexibility index (Phi) is 4.69. The first-order valence-corrected chi connectivity index (χ1v) is 5.69. The number of carboxylic acid groups (broad SMARTS) is 1. The number of ether oxygens (including phenoxy) is 1. The summed E-state index contributed by atoms with van der Waals surface area (Å²) < 4.78 is 4.96. The van der Waals surface area contributed by atoms with Crippen LogP contribution < -0.4 is 0 Å². The fraction of sp³-hybridized carbons (Fsp3) is 0.667. The lowest BCUT2D eigenvalue weighted by atomic mass is 10.1. The average Bonchev–Trinajstić information content (AvgIpc) is 3.11. The second kappa shape index (κ2) is 5.82. The van der Waals surface area contributed by atoms with Gasteiger partial charge in [0.05, 0.1) is 6.61 Å². The Morgan fingerprint density at radius 2 is 1.88 bits per heavy atom. The first-order valence-electron chi connectivity index (χ1n) is 5.69. The van der Waals surface area contributed by atoms with Crippen LogP contribution >= 0.6 is 0 Å². The van der Waals surface area contributed by atoms with E-state index in [1.165, 1.54) is 6.92 Å². The molecule has 1 N–H and O–H groups in total. The molecule has 1 rings (SSSR count). The van der Waals surface area contributed by atoms with Crippen LogP contribution in [0.5, 0.6) is 0 Å². The molecular weight excluding hydrogens is 222 g/mol. The Morgan fingerprint density at radius 1 is 1.29 bits per heavy atom. The van der Waals surface area contributed by atoms with Crippen LogP contribution in [-0.2, 0) is 14.3 Å². The van der Waals surface area contributed by atoms with Crippen molar-refractivity contribution in [2.75, 3.05) is 20.3 Å². The van der Waals surface area contributed by atoms with Crippen molar-refractivity contribution in [3.63, 3.8) is 0 Å². The van der Waals surface area contributed by atoms with Crippen LogP contribution in [0.2, 0.25) is 0 Å². The maximum atomic E-state index is 12.1. The van der Waals surface area contributed by atoms with E-state index < -0.39 is 5.97 Å². The van der Waals surface area contributed by atoms with E-state index in [0.29, 0.717) is 18.7 Å². The van der Waals surface area contributed by atoms with E-state index in [0.717, 1.165) is 12.8 Å². The Labute approximate surface area is 101 Å². The number of carboxylic acids is 1. The lowest BCUT2D eigenvalue weighted by Crippen LogP contribution is -2.37. The third-order valence-electron chi connectivity index (χ3n) is 2.99. The van der Waals surface area contributed by atoms with E-state index >= 15 is 0 Å². The molecule has 0 atom stereocenters. The minimum Gasteiger partial charge on any atom is -0.478 e. The highest BCUT2D eigenvalue weighted by Gasteiger charge is 2.33. The zero-order valence-electron chi connectivity index (χ0n) is 10.5. The van der Waals surface area contributed by atoms with Crippen molar-refractivity contribution in [3.05, 3.63) is 11.1 Å². The smallest absolute Gasteiger partial charge is 0.331 e. The molecular formula is C12H19NO4. The SMILES string of the molecule is COCCN(C(=O)C(C)=C(C)C(=O)O)C1CC1. The Balaban J connectivity index is 2.77. The van der Waals surface area contributed by atoms with Gasteiger partial charge in [-0.1, -0.05) is 0 Å². The third-order valence-corrected chi connectivity index (χ3v) is 2.99. The van der Waals surface area contributed by atoms with Gasteiger partial charge in [-0.05, 0) is 26.7 Å². The molecule has 1 aliphatic rings. The fourth-order valence-corrected chi connectivity index (χ4v) is 1.56. The number of rotatable bonds is 6.